The first-order valence-corrected chi connectivity index (χ1v) is 10.3. The van der Waals surface area contributed by atoms with E-state index in [-0.39, 0.29) is 0 Å². The fraction of sp³-hybridized carbons (Fsp3) is 0.115. The number of oxazole rings is 1. The fourth-order valence-corrected chi connectivity index (χ4v) is 4.10. The first-order valence-electron chi connectivity index (χ1n) is 9.94. The second kappa shape index (κ2) is 7.51. The number of nitrogens with one attached hydrogen (secondary N) is 1. The first-order chi connectivity index (χ1) is 14.6. The minimum atomic E-state index is 0.615. The summed E-state index contributed by atoms with van der Waals surface area (Å²) in [6.45, 7) is 4.30. The van der Waals surface area contributed by atoms with Crippen molar-refractivity contribution in [1.82, 2.24) is 9.97 Å². The Morgan fingerprint density at radius 2 is 1.70 bits per heavy atom. The Hall–Kier alpha value is -3.30. The van der Waals surface area contributed by atoms with Gasteiger partial charge in [0.1, 0.15) is 6.26 Å². The van der Waals surface area contributed by atoms with Gasteiger partial charge in [-0.3, -0.25) is 0 Å². The predicted octanol–water partition coefficient (Wildman–Crippen LogP) is 7.35. The molecule has 0 aliphatic carbocycles. The minimum absolute atomic E-state index is 0.615. The van der Waals surface area contributed by atoms with Crippen LogP contribution < -0.4 is 0 Å². The lowest BCUT2D eigenvalue weighted by atomic mass is 10.0. The van der Waals surface area contributed by atoms with Crippen molar-refractivity contribution >= 4 is 22.5 Å². The van der Waals surface area contributed by atoms with Crippen LogP contribution in [0.4, 0.5) is 0 Å². The number of halogens is 1. The van der Waals surface area contributed by atoms with Crippen molar-refractivity contribution in [2.75, 3.05) is 0 Å². The van der Waals surface area contributed by atoms with Gasteiger partial charge in [0.05, 0.1) is 11.2 Å². The van der Waals surface area contributed by atoms with E-state index < -0.39 is 0 Å². The number of nitrogens with zero attached hydrogens (tertiary/aromatic N) is 1. The molecule has 0 saturated heterocycles. The molecule has 0 bridgehead atoms. The van der Waals surface area contributed by atoms with Crippen LogP contribution in [0.2, 0.25) is 5.02 Å². The van der Waals surface area contributed by atoms with Gasteiger partial charge in [-0.15, -0.1) is 0 Å². The third-order valence-electron chi connectivity index (χ3n) is 5.61. The molecule has 0 aliphatic rings. The van der Waals surface area contributed by atoms with E-state index in [0.717, 1.165) is 39.0 Å². The summed E-state index contributed by atoms with van der Waals surface area (Å²) < 4.78 is 5.37. The van der Waals surface area contributed by atoms with Gasteiger partial charge in [0.2, 0.25) is 5.89 Å². The van der Waals surface area contributed by atoms with Crippen molar-refractivity contribution < 1.29 is 4.42 Å². The number of hydrogen-bond acceptors (Lipinski definition) is 2. The van der Waals surface area contributed by atoms with Crippen molar-refractivity contribution in [2.24, 2.45) is 0 Å². The summed E-state index contributed by atoms with van der Waals surface area (Å²) in [5.74, 6) is 0.615. The molecule has 0 unspecified atom stereocenters. The van der Waals surface area contributed by atoms with Gasteiger partial charge in [0.25, 0.3) is 0 Å². The van der Waals surface area contributed by atoms with Crippen LogP contribution in [0.25, 0.3) is 33.5 Å². The van der Waals surface area contributed by atoms with Crippen LogP contribution >= 0.6 is 11.6 Å². The molecule has 0 fully saturated rings. The third-order valence-corrected chi connectivity index (χ3v) is 5.92. The highest BCUT2D eigenvalue weighted by molar-refractivity contribution is 6.34. The molecule has 0 atom stereocenters. The largest absolute Gasteiger partial charge is 0.445 e. The molecule has 0 aliphatic heterocycles. The minimum Gasteiger partial charge on any atom is -0.445 e. The summed E-state index contributed by atoms with van der Waals surface area (Å²) >= 11 is 6.63. The molecule has 148 valence electrons. The zero-order valence-corrected chi connectivity index (χ0v) is 17.6. The monoisotopic (exact) mass is 412 g/mol. The number of H-pyrrole nitrogens is 1. The molecule has 4 heteroatoms. The second-order valence-electron chi connectivity index (χ2n) is 7.72. The highest BCUT2D eigenvalue weighted by atomic mass is 35.5. The van der Waals surface area contributed by atoms with Gasteiger partial charge in [-0.25, -0.2) is 4.98 Å². The number of aromatic nitrogens is 2. The van der Waals surface area contributed by atoms with Crippen LogP contribution in [0.1, 0.15) is 22.4 Å². The Labute approximate surface area is 180 Å². The predicted molar refractivity (Wildman–Crippen MR) is 123 cm³/mol. The maximum Gasteiger partial charge on any atom is 0.225 e. The van der Waals surface area contributed by atoms with Gasteiger partial charge in [0, 0.05) is 34.1 Å². The quantitative estimate of drug-likeness (QED) is 0.335. The zero-order chi connectivity index (χ0) is 20.7. The van der Waals surface area contributed by atoms with Gasteiger partial charge in [-0.2, -0.15) is 0 Å². The molecule has 0 radical (unpaired) electrons. The van der Waals surface area contributed by atoms with Gasteiger partial charge < -0.3 is 9.40 Å². The standard InChI is InChI=1S/C26H21ClN2O/c1-16-3-4-18(11-17(16)2)12-22-13-21-14-23(24(27)15-25(21)29-22)19-5-7-20(8-6-19)26-28-9-10-30-26/h3-11,13-15,29H,12H2,1-2H3. The Kier molecular flexibility index (Phi) is 4.68. The number of aromatic amines is 1. The van der Waals surface area contributed by atoms with Crippen molar-refractivity contribution in [3.05, 3.63) is 101 Å². The molecule has 5 aromatic rings. The maximum atomic E-state index is 6.63. The Morgan fingerprint density at radius 3 is 2.43 bits per heavy atom. The molecule has 5 rings (SSSR count). The van der Waals surface area contributed by atoms with Crippen LogP contribution in [0.15, 0.2) is 77.5 Å². The molecule has 2 aromatic heterocycles. The van der Waals surface area contributed by atoms with E-state index in [4.69, 9.17) is 16.0 Å². The molecule has 0 spiro atoms. The molecular formula is C26H21ClN2O. The van der Waals surface area contributed by atoms with Gasteiger partial charge in [-0.1, -0.05) is 41.9 Å². The number of aryl methyl sites for hydroxylation is 2. The molecular weight excluding hydrogens is 392 g/mol. The fourth-order valence-electron chi connectivity index (χ4n) is 3.82. The lowest BCUT2D eigenvalue weighted by Crippen LogP contribution is -1.90. The Balaban J connectivity index is 1.46. The van der Waals surface area contributed by atoms with Crippen molar-refractivity contribution in [3.63, 3.8) is 0 Å². The van der Waals surface area contributed by atoms with Crippen LogP contribution in [0.3, 0.4) is 0 Å². The third kappa shape index (κ3) is 3.53. The van der Waals surface area contributed by atoms with E-state index in [1.165, 1.54) is 22.4 Å². The smallest absolute Gasteiger partial charge is 0.225 e. The molecule has 2 heterocycles. The molecule has 3 aromatic carbocycles. The van der Waals surface area contributed by atoms with Gasteiger partial charge in [0.15, 0.2) is 0 Å². The summed E-state index contributed by atoms with van der Waals surface area (Å²) in [6, 6.07) is 21.1. The summed E-state index contributed by atoms with van der Waals surface area (Å²) in [4.78, 5) is 7.72. The van der Waals surface area contributed by atoms with E-state index in [1.54, 1.807) is 12.5 Å². The normalized spacial score (nSPS) is 11.3. The summed E-state index contributed by atoms with van der Waals surface area (Å²) in [5.41, 5.74) is 9.20. The maximum absolute atomic E-state index is 6.63. The topological polar surface area (TPSA) is 41.8 Å². The highest BCUT2D eigenvalue weighted by Gasteiger charge is 2.10. The molecule has 30 heavy (non-hydrogen) atoms. The van der Waals surface area contributed by atoms with E-state index in [1.807, 2.05) is 18.2 Å². The summed E-state index contributed by atoms with van der Waals surface area (Å²) in [7, 11) is 0. The van der Waals surface area contributed by atoms with Crippen LogP contribution in [-0.4, -0.2) is 9.97 Å². The molecule has 0 saturated carbocycles. The molecule has 0 amide bonds. The Bertz CT molecular complexity index is 1330. The van der Waals surface area contributed by atoms with Crippen LogP contribution in [0.5, 0.6) is 0 Å². The highest BCUT2D eigenvalue weighted by Crippen LogP contribution is 2.34. The molecule has 3 nitrogen and oxygen atoms in total. The van der Waals surface area contributed by atoms with Crippen LogP contribution in [-0.2, 0) is 6.42 Å². The number of rotatable bonds is 4. The zero-order valence-electron chi connectivity index (χ0n) is 16.9. The van der Waals surface area contributed by atoms with E-state index >= 15 is 0 Å². The van der Waals surface area contributed by atoms with Crippen LogP contribution in [0, 0.1) is 13.8 Å². The lowest BCUT2D eigenvalue weighted by Gasteiger charge is -2.06. The van der Waals surface area contributed by atoms with Crippen molar-refractivity contribution in [3.8, 4) is 22.6 Å². The average Bonchev–Trinajstić information content (AvgIpc) is 3.40. The van der Waals surface area contributed by atoms with Gasteiger partial charge >= 0.3 is 0 Å². The summed E-state index contributed by atoms with van der Waals surface area (Å²) in [5, 5.41) is 1.89. The first kappa shape index (κ1) is 18.7. The molecule has 1 N–H and O–H groups in total. The van der Waals surface area contributed by atoms with E-state index in [0.29, 0.717) is 5.89 Å². The van der Waals surface area contributed by atoms with Crippen molar-refractivity contribution in [2.45, 2.75) is 20.3 Å². The number of hydrogen-bond donors (Lipinski definition) is 1. The van der Waals surface area contributed by atoms with E-state index in [9.17, 15) is 0 Å². The number of fused-ring (bicyclic) bond motifs is 1. The SMILES string of the molecule is Cc1ccc(Cc2cc3cc(-c4ccc(-c5ncco5)cc4)c(Cl)cc3[nH]2)cc1C. The average molecular weight is 413 g/mol. The van der Waals surface area contributed by atoms with E-state index in [2.05, 4.69) is 66.3 Å². The lowest BCUT2D eigenvalue weighted by molar-refractivity contribution is 0.574. The summed E-state index contributed by atoms with van der Waals surface area (Å²) in [6.07, 6.45) is 4.10. The second-order valence-corrected chi connectivity index (χ2v) is 8.13. The number of benzene rings is 3. The van der Waals surface area contributed by atoms with Gasteiger partial charge in [-0.05, 0) is 66.4 Å². The van der Waals surface area contributed by atoms with Crippen molar-refractivity contribution in [1.29, 1.82) is 0 Å². The Morgan fingerprint density at radius 1 is 0.900 bits per heavy atom.